The van der Waals surface area contributed by atoms with Gasteiger partial charge in [-0.1, -0.05) is 91.0 Å². The number of thioether (sulfide) groups is 1. The van der Waals surface area contributed by atoms with Crippen molar-refractivity contribution in [2.75, 3.05) is 19.3 Å². The fourth-order valence-electron chi connectivity index (χ4n) is 5.21. The summed E-state index contributed by atoms with van der Waals surface area (Å²) >= 11 is 1.46. The summed E-state index contributed by atoms with van der Waals surface area (Å²) in [5.41, 5.74) is 2.24. The van der Waals surface area contributed by atoms with Crippen LogP contribution in [-0.2, 0) is 23.9 Å². The maximum absolute atomic E-state index is 13.9. The Bertz CT molecular complexity index is 1440. The molecule has 0 aliphatic heterocycles. The van der Waals surface area contributed by atoms with Gasteiger partial charge >= 0.3 is 12.1 Å². The monoisotopic (exact) mass is 672 g/mol. The van der Waals surface area contributed by atoms with E-state index in [1.807, 2.05) is 97.1 Å². The van der Waals surface area contributed by atoms with Crippen LogP contribution in [0.15, 0.2) is 91.0 Å². The molecule has 48 heavy (non-hydrogen) atoms. The second-order valence-electron chi connectivity index (χ2n) is 12.3. The third-order valence-corrected chi connectivity index (χ3v) is 9.22. The van der Waals surface area contributed by atoms with Crippen molar-refractivity contribution in [2.45, 2.75) is 68.9 Å². The number of alkyl carbamates (subject to hydrolysis) is 1. The van der Waals surface area contributed by atoms with Crippen LogP contribution in [0.4, 0.5) is 4.79 Å². The van der Waals surface area contributed by atoms with Crippen LogP contribution in [0.5, 0.6) is 0 Å². The molecule has 3 N–H and O–H groups in total. The van der Waals surface area contributed by atoms with Crippen molar-refractivity contribution < 1.29 is 29.0 Å². The van der Waals surface area contributed by atoms with E-state index in [-0.39, 0.29) is 18.7 Å². The van der Waals surface area contributed by atoms with E-state index in [2.05, 4.69) is 10.6 Å². The van der Waals surface area contributed by atoms with Gasteiger partial charge in [-0.15, -0.1) is 11.8 Å². The minimum atomic E-state index is -1.23. The smallest absolute Gasteiger partial charge is 0.407 e. The number of rotatable bonds is 16. The molecule has 10 nitrogen and oxygen atoms in total. The van der Waals surface area contributed by atoms with E-state index in [1.54, 1.807) is 20.8 Å². The van der Waals surface area contributed by atoms with Gasteiger partial charge in [-0.3, -0.25) is 9.59 Å². The Hall–Kier alpha value is -4.82. The van der Waals surface area contributed by atoms with Gasteiger partial charge in [0.05, 0.1) is 10.8 Å². The first-order chi connectivity index (χ1) is 22.9. The number of hydrogen-bond donors (Lipinski definition) is 3. The van der Waals surface area contributed by atoms with Gasteiger partial charge < -0.3 is 25.4 Å². The van der Waals surface area contributed by atoms with Crippen molar-refractivity contribution in [1.29, 1.82) is 5.26 Å². The molecular formula is C37H44N4O6S. The second-order valence-corrected chi connectivity index (χ2v) is 13.5. The van der Waals surface area contributed by atoms with E-state index in [0.29, 0.717) is 12.8 Å². The zero-order valence-corrected chi connectivity index (χ0v) is 28.7. The van der Waals surface area contributed by atoms with Crippen molar-refractivity contribution in [2.24, 2.45) is 0 Å². The molecule has 2 atom stereocenters. The average Bonchev–Trinajstić information content (AvgIpc) is 3.06. The van der Waals surface area contributed by atoms with Crippen molar-refractivity contribution in [3.63, 3.8) is 0 Å². The summed E-state index contributed by atoms with van der Waals surface area (Å²) in [6, 6.07) is 29.1. The number of carbonyl (C=O) groups is 4. The largest absolute Gasteiger partial charge is 0.480 e. The molecule has 254 valence electrons. The third-order valence-electron chi connectivity index (χ3n) is 7.59. The van der Waals surface area contributed by atoms with Gasteiger partial charge in [0.1, 0.15) is 24.1 Å². The molecule has 0 saturated heterocycles. The van der Waals surface area contributed by atoms with Crippen molar-refractivity contribution in [1.82, 2.24) is 15.5 Å². The minimum absolute atomic E-state index is 0.0876. The molecule has 0 aliphatic rings. The van der Waals surface area contributed by atoms with Gasteiger partial charge in [-0.05, 0) is 56.7 Å². The lowest BCUT2D eigenvalue weighted by Gasteiger charge is -2.37. The predicted molar refractivity (Wildman–Crippen MR) is 186 cm³/mol. The highest BCUT2D eigenvalue weighted by Crippen LogP contribution is 2.48. The molecule has 0 aromatic heterocycles. The Morgan fingerprint density at radius 3 is 1.81 bits per heavy atom. The van der Waals surface area contributed by atoms with Gasteiger partial charge in [0.15, 0.2) is 0 Å². The Balaban J connectivity index is 1.88. The molecule has 0 aliphatic carbocycles. The molecule has 3 aromatic rings. The number of amides is 3. The predicted octanol–water partition coefficient (Wildman–Crippen LogP) is 5.72. The highest BCUT2D eigenvalue weighted by Gasteiger charge is 2.40. The number of likely N-dealkylation sites (N-methyl/N-ethyl adjacent to an activating group) is 1. The highest BCUT2D eigenvalue weighted by molar-refractivity contribution is 8.00. The van der Waals surface area contributed by atoms with E-state index in [1.165, 1.54) is 23.7 Å². The van der Waals surface area contributed by atoms with E-state index >= 15 is 0 Å². The molecule has 0 fully saturated rings. The Labute approximate surface area is 286 Å². The molecule has 0 radical (unpaired) electrons. The van der Waals surface area contributed by atoms with Gasteiger partial charge in [0.2, 0.25) is 11.8 Å². The Kier molecular flexibility index (Phi) is 14.1. The number of hydrogen-bond acceptors (Lipinski definition) is 7. The first kappa shape index (κ1) is 37.6. The number of benzene rings is 3. The van der Waals surface area contributed by atoms with Crippen LogP contribution in [0.3, 0.4) is 0 Å². The van der Waals surface area contributed by atoms with Crippen LogP contribution in [0.1, 0.15) is 63.1 Å². The molecule has 11 heteroatoms. The summed E-state index contributed by atoms with van der Waals surface area (Å²) in [5, 5.41) is 24.5. The van der Waals surface area contributed by atoms with Crippen LogP contribution in [0.25, 0.3) is 0 Å². The summed E-state index contributed by atoms with van der Waals surface area (Å²) < 4.78 is 4.42. The maximum atomic E-state index is 13.9. The van der Waals surface area contributed by atoms with Crippen molar-refractivity contribution in [3.05, 3.63) is 108 Å². The lowest BCUT2D eigenvalue weighted by Crippen LogP contribution is -2.53. The van der Waals surface area contributed by atoms with E-state index in [4.69, 9.17) is 4.74 Å². The molecular weight excluding hydrogens is 628 g/mol. The number of carboxylic acids is 1. The summed E-state index contributed by atoms with van der Waals surface area (Å²) in [5.74, 6) is -2.32. The molecule has 3 amide bonds. The van der Waals surface area contributed by atoms with Crippen molar-refractivity contribution >= 4 is 35.6 Å². The Morgan fingerprint density at radius 2 is 1.38 bits per heavy atom. The molecule has 0 bridgehead atoms. The number of ether oxygens (including phenoxy) is 1. The third kappa shape index (κ3) is 10.6. The van der Waals surface area contributed by atoms with Crippen molar-refractivity contribution in [3.8, 4) is 6.07 Å². The molecule has 3 rings (SSSR count). The second kappa shape index (κ2) is 17.9. The first-order valence-corrected chi connectivity index (χ1v) is 16.8. The normalized spacial score (nSPS) is 12.6. The SMILES string of the molecule is CN(C(=O)CC#N)[C@@H](CSC(c1ccccc1)(c1ccccc1)c1ccccc1)C(=O)N[C@@H](CCCCNC(=O)OC(C)(C)C)C(=O)O. The quantitative estimate of drug-likeness (QED) is 0.129. The molecule has 0 unspecified atom stereocenters. The Morgan fingerprint density at radius 1 is 0.875 bits per heavy atom. The highest BCUT2D eigenvalue weighted by atomic mass is 32.2. The number of nitrogens with one attached hydrogen (secondary N) is 2. The van der Waals surface area contributed by atoms with E-state index < -0.39 is 52.7 Å². The molecule has 0 saturated carbocycles. The fourth-order valence-corrected chi connectivity index (χ4v) is 6.90. The van der Waals surface area contributed by atoms with Crippen LogP contribution in [0, 0.1) is 11.3 Å². The van der Waals surface area contributed by atoms with Gasteiger partial charge in [0.25, 0.3) is 0 Å². The number of carboxylic acid groups (broad SMARTS) is 1. The summed E-state index contributed by atoms with van der Waals surface area (Å²) in [4.78, 5) is 52.3. The van der Waals surface area contributed by atoms with Gasteiger partial charge in [0, 0.05) is 19.3 Å². The van der Waals surface area contributed by atoms with Crippen LogP contribution >= 0.6 is 11.8 Å². The van der Waals surface area contributed by atoms with Gasteiger partial charge in [-0.2, -0.15) is 5.26 Å². The zero-order valence-electron chi connectivity index (χ0n) is 27.8. The average molecular weight is 673 g/mol. The number of aliphatic carboxylic acids is 1. The summed E-state index contributed by atoms with van der Waals surface area (Å²) in [6.45, 7) is 5.55. The lowest BCUT2D eigenvalue weighted by atomic mass is 9.84. The number of unbranched alkanes of at least 4 members (excludes halogenated alkanes) is 1. The van der Waals surface area contributed by atoms with E-state index in [0.717, 1.165) is 16.7 Å². The standard InChI is InChI=1S/C37H44N4O6S/c1-36(2,3)47-35(46)39-25-15-14-22-30(34(44)45)40-33(43)31(41(4)32(42)23-24-38)26-48-37(27-16-8-5-9-17-27,28-18-10-6-11-19-28)29-20-12-7-13-21-29/h5-13,16-21,30-31H,14-15,22-23,25-26H2,1-4H3,(H,39,46)(H,40,43)(H,44,45)/t30-,31-/m0/s1. The minimum Gasteiger partial charge on any atom is -0.480 e. The lowest BCUT2D eigenvalue weighted by molar-refractivity contribution is -0.143. The maximum Gasteiger partial charge on any atom is 0.407 e. The summed E-state index contributed by atoms with van der Waals surface area (Å²) in [7, 11) is 1.46. The topological polar surface area (TPSA) is 149 Å². The molecule has 0 spiro atoms. The molecule has 0 heterocycles. The zero-order chi connectivity index (χ0) is 35.2. The summed E-state index contributed by atoms with van der Waals surface area (Å²) in [6.07, 6.45) is -0.0246. The number of nitrogens with zero attached hydrogens (tertiary/aromatic N) is 2. The first-order valence-electron chi connectivity index (χ1n) is 15.8. The molecule has 3 aromatic carbocycles. The van der Waals surface area contributed by atoms with Crippen LogP contribution in [0.2, 0.25) is 0 Å². The van der Waals surface area contributed by atoms with Gasteiger partial charge in [-0.25, -0.2) is 9.59 Å². The number of nitriles is 1. The van der Waals surface area contributed by atoms with E-state index in [9.17, 15) is 29.5 Å². The number of carbonyl (C=O) groups excluding carboxylic acids is 3. The van der Waals surface area contributed by atoms with Crippen LogP contribution in [-0.4, -0.2) is 70.9 Å². The van der Waals surface area contributed by atoms with Crippen LogP contribution < -0.4 is 10.6 Å². The fraction of sp³-hybridized carbons (Fsp3) is 0.378.